The molecule has 4 heteroatoms. The van der Waals surface area contributed by atoms with Gasteiger partial charge in [0.1, 0.15) is 5.75 Å². The van der Waals surface area contributed by atoms with Gasteiger partial charge in [0.15, 0.2) is 0 Å². The summed E-state index contributed by atoms with van der Waals surface area (Å²) in [6.45, 7) is 4.63. The topological polar surface area (TPSA) is 52.4 Å². The molecular weight excluding hydrogens is 254 g/mol. The first-order valence-corrected chi connectivity index (χ1v) is 6.49. The van der Waals surface area contributed by atoms with Gasteiger partial charge >= 0.3 is 0 Å². The van der Waals surface area contributed by atoms with Crippen LogP contribution >= 0.6 is 0 Å². The molecule has 0 saturated carbocycles. The molecule has 0 aliphatic rings. The summed E-state index contributed by atoms with van der Waals surface area (Å²) < 4.78 is 5.72. The van der Waals surface area contributed by atoms with E-state index in [1.807, 2.05) is 26.0 Å². The number of hydrogen-bond donors (Lipinski definition) is 0. The molecule has 0 atom stereocenters. The lowest BCUT2D eigenvalue weighted by molar-refractivity contribution is -0.384. The molecule has 0 heterocycles. The highest BCUT2D eigenvalue weighted by molar-refractivity contribution is 5.34. The summed E-state index contributed by atoms with van der Waals surface area (Å²) in [5.74, 6) is 0.865. The maximum atomic E-state index is 10.6. The van der Waals surface area contributed by atoms with Gasteiger partial charge in [-0.25, -0.2) is 0 Å². The summed E-state index contributed by atoms with van der Waals surface area (Å²) in [7, 11) is 0. The minimum atomic E-state index is -0.393. The van der Waals surface area contributed by atoms with Crippen molar-refractivity contribution in [1.29, 1.82) is 0 Å². The Bertz CT molecular complexity index is 585. The Balaban J connectivity index is 1.90. The Morgan fingerprint density at radius 1 is 1.05 bits per heavy atom. The molecule has 2 aromatic carbocycles. The summed E-state index contributed by atoms with van der Waals surface area (Å²) in [5, 5.41) is 10.6. The standard InChI is InChI=1S/C16H17NO3/c1-12-9-13(2)11-16(10-12)20-8-7-14-3-5-15(6-4-14)17(18)19/h3-6,9-11H,7-8H2,1-2H3. The number of rotatable bonds is 5. The predicted molar refractivity (Wildman–Crippen MR) is 78.2 cm³/mol. The fourth-order valence-electron chi connectivity index (χ4n) is 2.09. The van der Waals surface area contributed by atoms with E-state index >= 15 is 0 Å². The maximum absolute atomic E-state index is 10.6. The molecule has 20 heavy (non-hydrogen) atoms. The molecular formula is C16H17NO3. The van der Waals surface area contributed by atoms with Crippen LogP contribution in [0.3, 0.4) is 0 Å². The van der Waals surface area contributed by atoms with Crippen molar-refractivity contribution < 1.29 is 9.66 Å². The van der Waals surface area contributed by atoms with Crippen LogP contribution in [0.25, 0.3) is 0 Å². The Kier molecular flexibility index (Phi) is 4.35. The molecule has 0 aliphatic carbocycles. The van der Waals surface area contributed by atoms with Crippen molar-refractivity contribution in [2.24, 2.45) is 0 Å². The van der Waals surface area contributed by atoms with Crippen molar-refractivity contribution in [2.75, 3.05) is 6.61 Å². The van der Waals surface area contributed by atoms with Gasteiger partial charge in [-0.3, -0.25) is 10.1 Å². The fourth-order valence-corrected chi connectivity index (χ4v) is 2.09. The average Bonchev–Trinajstić information content (AvgIpc) is 2.38. The zero-order valence-electron chi connectivity index (χ0n) is 11.6. The van der Waals surface area contributed by atoms with E-state index in [1.165, 1.54) is 23.3 Å². The van der Waals surface area contributed by atoms with Crippen LogP contribution in [0.1, 0.15) is 16.7 Å². The van der Waals surface area contributed by atoms with E-state index in [-0.39, 0.29) is 5.69 Å². The van der Waals surface area contributed by atoms with Crippen LogP contribution in [0.15, 0.2) is 42.5 Å². The summed E-state index contributed by atoms with van der Waals surface area (Å²) >= 11 is 0. The number of aryl methyl sites for hydroxylation is 2. The van der Waals surface area contributed by atoms with Crippen LogP contribution in [-0.2, 0) is 6.42 Å². The Hall–Kier alpha value is -2.36. The number of nitro benzene ring substituents is 1. The second-order valence-electron chi connectivity index (χ2n) is 4.85. The number of nitro groups is 1. The number of benzene rings is 2. The van der Waals surface area contributed by atoms with Crippen LogP contribution < -0.4 is 4.74 Å². The van der Waals surface area contributed by atoms with Gasteiger partial charge in [-0.2, -0.15) is 0 Å². The van der Waals surface area contributed by atoms with Crippen molar-refractivity contribution >= 4 is 5.69 Å². The first kappa shape index (κ1) is 14.1. The lowest BCUT2D eigenvalue weighted by Crippen LogP contribution is -2.02. The highest BCUT2D eigenvalue weighted by atomic mass is 16.6. The monoisotopic (exact) mass is 271 g/mol. The fraction of sp³-hybridized carbons (Fsp3) is 0.250. The van der Waals surface area contributed by atoms with Gasteiger partial charge < -0.3 is 4.74 Å². The van der Waals surface area contributed by atoms with Gasteiger partial charge in [-0.15, -0.1) is 0 Å². The lowest BCUT2D eigenvalue weighted by Gasteiger charge is -2.08. The molecule has 2 aromatic rings. The molecule has 2 rings (SSSR count). The van der Waals surface area contributed by atoms with Gasteiger partial charge in [0.25, 0.3) is 5.69 Å². The molecule has 0 unspecified atom stereocenters. The molecule has 0 bridgehead atoms. The van der Waals surface area contributed by atoms with E-state index in [9.17, 15) is 10.1 Å². The zero-order valence-corrected chi connectivity index (χ0v) is 11.6. The first-order valence-electron chi connectivity index (χ1n) is 6.49. The minimum Gasteiger partial charge on any atom is -0.493 e. The van der Waals surface area contributed by atoms with Crippen molar-refractivity contribution in [3.8, 4) is 5.75 Å². The molecule has 4 nitrogen and oxygen atoms in total. The lowest BCUT2D eigenvalue weighted by atomic mass is 10.1. The number of ether oxygens (including phenoxy) is 1. The van der Waals surface area contributed by atoms with Crippen molar-refractivity contribution in [3.05, 3.63) is 69.3 Å². The summed E-state index contributed by atoms with van der Waals surface area (Å²) in [6, 6.07) is 12.7. The summed E-state index contributed by atoms with van der Waals surface area (Å²) in [6.07, 6.45) is 0.727. The van der Waals surface area contributed by atoms with Crippen LogP contribution in [0.5, 0.6) is 5.75 Å². The molecule has 0 saturated heterocycles. The quantitative estimate of drug-likeness (QED) is 0.613. The van der Waals surface area contributed by atoms with Gasteiger partial charge in [0.2, 0.25) is 0 Å². The Labute approximate surface area is 118 Å². The highest BCUT2D eigenvalue weighted by Crippen LogP contribution is 2.17. The molecule has 0 radical (unpaired) electrons. The molecule has 104 valence electrons. The molecule has 0 aliphatic heterocycles. The average molecular weight is 271 g/mol. The highest BCUT2D eigenvalue weighted by Gasteiger charge is 2.04. The molecule has 0 fully saturated rings. The van der Waals surface area contributed by atoms with Crippen molar-refractivity contribution in [1.82, 2.24) is 0 Å². The van der Waals surface area contributed by atoms with E-state index < -0.39 is 4.92 Å². The molecule has 0 amide bonds. The summed E-state index contributed by atoms with van der Waals surface area (Å²) in [5.41, 5.74) is 3.50. The predicted octanol–water partition coefficient (Wildman–Crippen LogP) is 3.83. The van der Waals surface area contributed by atoms with Gasteiger partial charge in [-0.1, -0.05) is 18.2 Å². The SMILES string of the molecule is Cc1cc(C)cc(OCCc2ccc([N+](=O)[O-])cc2)c1. The number of non-ortho nitro benzene ring substituents is 1. The Morgan fingerprint density at radius 2 is 1.65 bits per heavy atom. The third-order valence-electron chi connectivity index (χ3n) is 3.00. The normalized spacial score (nSPS) is 10.3. The van der Waals surface area contributed by atoms with Gasteiger partial charge in [-0.05, 0) is 42.7 Å². The number of nitrogens with zero attached hydrogens (tertiary/aromatic N) is 1. The summed E-state index contributed by atoms with van der Waals surface area (Å²) in [4.78, 5) is 10.2. The van der Waals surface area contributed by atoms with E-state index in [4.69, 9.17) is 4.74 Å². The molecule has 0 aromatic heterocycles. The third kappa shape index (κ3) is 3.82. The van der Waals surface area contributed by atoms with Crippen LogP contribution in [0, 0.1) is 24.0 Å². The second-order valence-corrected chi connectivity index (χ2v) is 4.85. The zero-order chi connectivity index (χ0) is 14.5. The van der Waals surface area contributed by atoms with E-state index in [0.29, 0.717) is 6.61 Å². The van der Waals surface area contributed by atoms with Crippen molar-refractivity contribution in [2.45, 2.75) is 20.3 Å². The van der Waals surface area contributed by atoms with E-state index in [2.05, 4.69) is 6.07 Å². The largest absolute Gasteiger partial charge is 0.493 e. The second kappa shape index (κ2) is 6.19. The van der Waals surface area contributed by atoms with Crippen LogP contribution in [-0.4, -0.2) is 11.5 Å². The maximum Gasteiger partial charge on any atom is 0.269 e. The Morgan fingerprint density at radius 3 is 2.20 bits per heavy atom. The van der Waals surface area contributed by atoms with Gasteiger partial charge in [0, 0.05) is 18.6 Å². The van der Waals surface area contributed by atoms with E-state index in [1.54, 1.807) is 12.1 Å². The minimum absolute atomic E-state index is 0.115. The third-order valence-corrected chi connectivity index (χ3v) is 3.00. The van der Waals surface area contributed by atoms with Crippen LogP contribution in [0.2, 0.25) is 0 Å². The van der Waals surface area contributed by atoms with Crippen molar-refractivity contribution in [3.63, 3.8) is 0 Å². The van der Waals surface area contributed by atoms with Gasteiger partial charge in [0.05, 0.1) is 11.5 Å². The molecule has 0 spiro atoms. The van der Waals surface area contributed by atoms with Crippen LogP contribution in [0.4, 0.5) is 5.69 Å². The molecule has 0 N–H and O–H groups in total. The number of hydrogen-bond acceptors (Lipinski definition) is 3. The van der Waals surface area contributed by atoms with E-state index in [0.717, 1.165) is 17.7 Å². The first-order chi connectivity index (χ1) is 9.54. The smallest absolute Gasteiger partial charge is 0.269 e.